The molecule has 0 aromatic carbocycles. The van der Waals surface area contributed by atoms with E-state index >= 15 is 0 Å². The first-order valence-electron chi connectivity index (χ1n) is 3.99. The van der Waals surface area contributed by atoms with Crippen molar-refractivity contribution in [1.29, 1.82) is 0 Å². The Hall–Kier alpha value is -0.380. The lowest BCUT2D eigenvalue weighted by molar-refractivity contribution is 0.160. The van der Waals surface area contributed by atoms with Gasteiger partial charge in [0.15, 0.2) is 0 Å². The predicted molar refractivity (Wildman–Crippen MR) is 43.5 cm³/mol. The van der Waals surface area contributed by atoms with Crippen LogP contribution in [0.15, 0.2) is 11.6 Å². The van der Waals surface area contributed by atoms with E-state index in [2.05, 4.69) is 5.32 Å². The second-order valence-electron chi connectivity index (χ2n) is 2.66. The van der Waals surface area contributed by atoms with Gasteiger partial charge in [-0.15, -0.1) is 0 Å². The van der Waals surface area contributed by atoms with E-state index in [1.54, 1.807) is 0 Å². The Morgan fingerprint density at radius 1 is 1.82 bits per heavy atom. The molecule has 64 valence electrons. The molecule has 3 nitrogen and oxygen atoms in total. The van der Waals surface area contributed by atoms with Gasteiger partial charge in [-0.3, -0.25) is 0 Å². The smallest absolute Gasteiger partial charge is 0.0849 e. The molecule has 0 fully saturated rings. The predicted octanol–water partition coefficient (Wildman–Crippen LogP) is -0.0866. The van der Waals surface area contributed by atoms with Gasteiger partial charge >= 0.3 is 0 Å². The zero-order valence-electron chi connectivity index (χ0n) is 6.84. The van der Waals surface area contributed by atoms with E-state index < -0.39 is 0 Å². The molecule has 0 aromatic heterocycles. The maximum atomic E-state index is 9.18. The Morgan fingerprint density at radius 2 is 2.64 bits per heavy atom. The molecule has 0 spiro atoms. The highest BCUT2D eigenvalue weighted by atomic mass is 16.5. The highest BCUT2D eigenvalue weighted by Gasteiger charge is 2.08. The van der Waals surface area contributed by atoms with Crippen LogP contribution in [0.3, 0.4) is 0 Å². The molecule has 0 radical (unpaired) electrons. The summed E-state index contributed by atoms with van der Waals surface area (Å²) >= 11 is 0. The quantitative estimate of drug-likeness (QED) is 0.563. The van der Waals surface area contributed by atoms with Gasteiger partial charge in [0.2, 0.25) is 0 Å². The maximum absolute atomic E-state index is 9.18. The third-order valence-electron chi connectivity index (χ3n) is 1.63. The van der Waals surface area contributed by atoms with Crippen molar-refractivity contribution in [3.8, 4) is 0 Å². The standard InChI is InChI=1S/C8H15NO2/c1-2-11-6-7-3-8(10)5-9-4-7/h3,8-10H,2,4-6H2,1H3. The van der Waals surface area contributed by atoms with Crippen molar-refractivity contribution >= 4 is 0 Å². The largest absolute Gasteiger partial charge is 0.388 e. The molecule has 1 aliphatic heterocycles. The summed E-state index contributed by atoms with van der Waals surface area (Å²) in [5.74, 6) is 0. The first-order valence-corrected chi connectivity index (χ1v) is 3.99. The van der Waals surface area contributed by atoms with Crippen LogP contribution in [0.5, 0.6) is 0 Å². The fourth-order valence-corrected chi connectivity index (χ4v) is 1.10. The Bertz CT molecular complexity index is 145. The second kappa shape index (κ2) is 4.49. The van der Waals surface area contributed by atoms with Crippen molar-refractivity contribution in [2.45, 2.75) is 13.0 Å². The number of hydrogen-bond donors (Lipinski definition) is 2. The van der Waals surface area contributed by atoms with Gasteiger partial charge in [-0.1, -0.05) is 6.08 Å². The van der Waals surface area contributed by atoms with E-state index in [9.17, 15) is 5.11 Å². The van der Waals surface area contributed by atoms with Gasteiger partial charge in [-0.05, 0) is 12.5 Å². The average Bonchev–Trinajstić information content (AvgIpc) is 2.01. The van der Waals surface area contributed by atoms with Crippen LogP contribution >= 0.6 is 0 Å². The monoisotopic (exact) mass is 157 g/mol. The van der Waals surface area contributed by atoms with Gasteiger partial charge in [-0.25, -0.2) is 0 Å². The number of β-amino-alcohol motifs (C(OH)–C–C–N with tert-alkyl or cyclic N) is 1. The molecular formula is C8H15NO2. The van der Waals surface area contributed by atoms with Crippen LogP contribution < -0.4 is 5.32 Å². The van der Waals surface area contributed by atoms with Crippen LogP contribution in [-0.2, 0) is 4.74 Å². The van der Waals surface area contributed by atoms with E-state index in [0.29, 0.717) is 13.2 Å². The molecule has 1 rings (SSSR count). The van der Waals surface area contributed by atoms with Crippen molar-refractivity contribution in [2.75, 3.05) is 26.3 Å². The van der Waals surface area contributed by atoms with E-state index in [1.807, 2.05) is 13.0 Å². The lowest BCUT2D eigenvalue weighted by atomic mass is 10.1. The van der Waals surface area contributed by atoms with Gasteiger partial charge in [0.25, 0.3) is 0 Å². The molecule has 3 heteroatoms. The summed E-state index contributed by atoms with van der Waals surface area (Å²) in [6.07, 6.45) is 1.53. The summed E-state index contributed by atoms with van der Waals surface area (Å²) < 4.78 is 5.20. The molecule has 0 saturated carbocycles. The third kappa shape index (κ3) is 3.01. The molecular weight excluding hydrogens is 142 g/mol. The number of aliphatic hydroxyl groups is 1. The van der Waals surface area contributed by atoms with Crippen LogP contribution in [0.25, 0.3) is 0 Å². The zero-order chi connectivity index (χ0) is 8.10. The lowest BCUT2D eigenvalue weighted by Crippen LogP contribution is -2.33. The summed E-state index contributed by atoms with van der Waals surface area (Å²) in [7, 11) is 0. The fraction of sp³-hybridized carbons (Fsp3) is 0.750. The molecule has 1 aliphatic rings. The Kier molecular flexibility index (Phi) is 3.56. The Balaban J connectivity index is 2.31. The SMILES string of the molecule is CCOCC1=CC(O)CNC1. The molecule has 0 aromatic rings. The van der Waals surface area contributed by atoms with E-state index in [4.69, 9.17) is 4.74 Å². The molecule has 0 amide bonds. The minimum Gasteiger partial charge on any atom is -0.388 e. The third-order valence-corrected chi connectivity index (χ3v) is 1.63. The van der Waals surface area contributed by atoms with Crippen LogP contribution in [0, 0.1) is 0 Å². The minimum atomic E-state index is -0.334. The summed E-state index contributed by atoms with van der Waals surface area (Å²) in [6, 6.07) is 0. The lowest BCUT2D eigenvalue weighted by Gasteiger charge is -2.18. The normalized spacial score (nSPS) is 24.9. The highest BCUT2D eigenvalue weighted by Crippen LogP contribution is 2.01. The molecule has 0 saturated heterocycles. The van der Waals surface area contributed by atoms with Crippen molar-refractivity contribution in [1.82, 2.24) is 5.32 Å². The Morgan fingerprint density at radius 3 is 3.27 bits per heavy atom. The minimum absolute atomic E-state index is 0.334. The molecule has 11 heavy (non-hydrogen) atoms. The molecule has 2 N–H and O–H groups in total. The number of aliphatic hydroxyl groups excluding tert-OH is 1. The van der Waals surface area contributed by atoms with Crippen molar-refractivity contribution in [2.24, 2.45) is 0 Å². The van der Waals surface area contributed by atoms with Gasteiger partial charge < -0.3 is 15.2 Å². The van der Waals surface area contributed by atoms with Crippen LogP contribution in [0.4, 0.5) is 0 Å². The first kappa shape index (κ1) is 8.71. The molecule has 1 atom stereocenters. The van der Waals surface area contributed by atoms with Crippen molar-refractivity contribution in [3.05, 3.63) is 11.6 Å². The van der Waals surface area contributed by atoms with Crippen LogP contribution in [-0.4, -0.2) is 37.5 Å². The van der Waals surface area contributed by atoms with Crippen molar-refractivity contribution in [3.63, 3.8) is 0 Å². The van der Waals surface area contributed by atoms with Gasteiger partial charge in [0, 0.05) is 19.7 Å². The molecule has 0 bridgehead atoms. The van der Waals surface area contributed by atoms with Gasteiger partial charge in [0.1, 0.15) is 0 Å². The van der Waals surface area contributed by atoms with Crippen LogP contribution in [0.1, 0.15) is 6.92 Å². The Labute approximate surface area is 67.1 Å². The molecule has 1 unspecified atom stereocenters. The summed E-state index contributed by atoms with van der Waals surface area (Å²) in [5.41, 5.74) is 1.14. The number of rotatable bonds is 3. The maximum Gasteiger partial charge on any atom is 0.0849 e. The van der Waals surface area contributed by atoms with E-state index in [-0.39, 0.29) is 6.10 Å². The second-order valence-corrected chi connectivity index (χ2v) is 2.66. The number of nitrogens with one attached hydrogen (secondary N) is 1. The molecule has 1 heterocycles. The number of ether oxygens (including phenoxy) is 1. The summed E-state index contributed by atoms with van der Waals surface area (Å²) in [4.78, 5) is 0. The molecule has 0 aliphatic carbocycles. The van der Waals surface area contributed by atoms with Crippen LogP contribution in [0.2, 0.25) is 0 Å². The number of hydrogen-bond acceptors (Lipinski definition) is 3. The average molecular weight is 157 g/mol. The first-order chi connectivity index (χ1) is 5.33. The van der Waals surface area contributed by atoms with E-state index in [0.717, 1.165) is 18.7 Å². The highest BCUT2D eigenvalue weighted by molar-refractivity contribution is 5.11. The fourth-order valence-electron chi connectivity index (χ4n) is 1.10. The zero-order valence-corrected chi connectivity index (χ0v) is 6.84. The van der Waals surface area contributed by atoms with Gasteiger partial charge in [0.05, 0.1) is 12.7 Å². The van der Waals surface area contributed by atoms with Gasteiger partial charge in [-0.2, -0.15) is 0 Å². The van der Waals surface area contributed by atoms with Crippen molar-refractivity contribution < 1.29 is 9.84 Å². The summed E-state index contributed by atoms with van der Waals surface area (Å²) in [6.45, 7) is 4.84. The topological polar surface area (TPSA) is 41.5 Å². The summed E-state index contributed by atoms with van der Waals surface area (Å²) in [5, 5.41) is 12.3. The van der Waals surface area contributed by atoms with E-state index in [1.165, 1.54) is 0 Å².